The van der Waals surface area contributed by atoms with E-state index < -0.39 is 35.4 Å². The average molecular weight is 447 g/mol. The van der Waals surface area contributed by atoms with E-state index >= 15 is 0 Å². The van der Waals surface area contributed by atoms with E-state index in [9.17, 15) is 27.7 Å². The van der Waals surface area contributed by atoms with Gasteiger partial charge < -0.3 is 9.47 Å². The minimum absolute atomic E-state index is 0.00344. The summed E-state index contributed by atoms with van der Waals surface area (Å²) in [5, 5.41) is 2.73. The molecular formula is C21H16F3N3O5. The third-order valence-corrected chi connectivity index (χ3v) is 4.62. The number of carbonyl (C=O) groups is 2. The van der Waals surface area contributed by atoms with Crippen LogP contribution in [0, 0.1) is 22.4 Å². The van der Waals surface area contributed by atoms with Gasteiger partial charge >= 0.3 is 12.1 Å². The molecule has 1 atom stereocenters. The van der Waals surface area contributed by atoms with Gasteiger partial charge in [0.1, 0.15) is 17.5 Å². The van der Waals surface area contributed by atoms with Crippen LogP contribution in [-0.4, -0.2) is 29.9 Å². The highest BCUT2D eigenvalue weighted by Crippen LogP contribution is 2.37. The maximum Gasteiger partial charge on any atom is 0.424 e. The van der Waals surface area contributed by atoms with Gasteiger partial charge in [-0.2, -0.15) is 0 Å². The molecule has 11 heteroatoms. The number of amides is 1. The molecule has 1 heterocycles. The van der Waals surface area contributed by atoms with Gasteiger partial charge in [0.25, 0.3) is 0 Å². The Kier molecular flexibility index (Phi) is 6.37. The molecular weight excluding hydrogens is 431 g/mol. The molecule has 3 rings (SSSR count). The third-order valence-electron chi connectivity index (χ3n) is 4.62. The standard InChI is InChI=1S/C21H16F3N3O5/c1-10-17(11(2)28)19(12-8-15(22)18(24)16(23)9-12)27(20(25-10)31-3)21(29)32-14-6-4-13(26-30)5-7-14/h4-9,19H,1-3H3. The molecule has 0 aliphatic carbocycles. The van der Waals surface area contributed by atoms with Crippen LogP contribution in [0.2, 0.25) is 0 Å². The first kappa shape index (κ1) is 22.7. The summed E-state index contributed by atoms with van der Waals surface area (Å²) >= 11 is 0. The SMILES string of the molecule is COC1=NC(C)=C(C(C)=O)C(c2cc(F)c(F)c(F)c2)N1C(=O)Oc1ccc(N=O)cc1. The summed E-state index contributed by atoms with van der Waals surface area (Å²) in [7, 11) is 1.19. The van der Waals surface area contributed by atoms with Crippen LogP contribution in [-0.2, 0) is 9.53 Å². The Morgan fingerprint density at radius 2 is 1.69 bits per heavy atom. The van der Waals surface area contributed by atoms with E-state index in [0.29, 0.717) is 12.1 Å². The van der Waals surface area contributed by atoms with Crippen molar-refractivity contribution in [3.63, 3.8) is 0 Å². The molecule has 0 saturated carbocycles. The Morgan fingerprint density at radius 1 is 1.09 bits per heavy atom. The zero-order valence-corrected chi connectivity index (χ0v) is 17.1. The van der Waals surface area contributed by atoms with E-state index in [2.05, 4.69) is 10.2 Å². The molecule has 0 spiro atoms. The molecule has 1 amide bonds. The van der Waals surface area contributed by atoms with Crippen LogP contribution >= 0.6 is 0 Å². The number of hydrogen-bond donors (Lipinski definition) is 0. The lowest BCUT2D eigenvalue weighted by atomic mass is 9.92. The Balaban J connectivity index is 2.13. The van der Waals surface area contributed by atoms with E-state index in [4.69, 9.17) is 9.47 Å². The number of hydrogen-bond acceptors (Lipinski definition) is 7. The quantitative estimate of drug-likeness (QED) is 0.489. The van der Waals surface area contributed by atoms with Gasteiger partial charge in [0.05, 0.1) is 12.8 Å². The van der Waals surface area contributed by atoms with Crippen molar-refractivity contribution >= 4 is 23.6 Å². The maximum absolute atomic E-state index is 14.0. The fourth-order valence-electron chi connectivity index (χ4n) is 3.24. The summed E-state index contributed by atoms with van der Waals surface area (Å²) < 4.78 is 52.0. The van der Waals surface area contributed by atoms with Gasteiger partial charge in [-0.1, -0.05) is 0 Å². The molecule has 0 saturated heterocycles. The van der Waals surface area contributed by atoms with E-state index in [-0.39, 0.29) is 34.3 Å². The van der Waals surface area contributed by atoms with Crippen molar-refractivity contribution in [1.29, 1.82) is 0 Å². The first-order valence-electron chi connectivity index (χ1n) is 9.11. The topological polar surface area (TPSA) is 97.6 Å². The second-order valence-corrected chi connectivity index (χ2v) is 6.68. The lowest BCUT2D eigenvalue weighted by Gasteiger charge is -2.35. The highest BCUT2D eigenvalue weighted by Gasteiger charge is 2.41. The highest BCUT2D eigenvalue weighted by atomic mass is 19.2. The maximum atomic E-state index is 14.0. The molecule has 8 nitrogen and oxygen atoms in total. The Morgan fingerprint density at radius 3 is 2.19 bits per heavy atom. The minimum Gasteiger partial charge on any atom is -0.468 e. The largest absolute Gasteiger partial charge is 0.468 e. The van der Waals surface area contributed by atoms with Gasteiger partial charge in [-0.15, -0.1) is 4.91 Å². The fraction of sp³-hybridized carbons (Fsp3) is 0.190. The number of rotatable bonds is 4. The third kappa shape index (κ3) is 4.22. The first-order chi connectivity index (χ1) is 15.2. The second-order valence-electron chi connectivity index (χ2n) is 6.68. The number of ketones is 1. The van der Waals surface area contributed by atoms with Crippen LogP contribution in [0.25, 0.3) is 0 Å². The number of carbonyl (C=O) groups excluding carboxylic acids is 2. The number of aliphatic imine (C=N–C) groups is 1. The molecule has 166 valence electrons. The van der Waals surface area contributed by atoms with Gasteiger partial charge in [-0.05, 0) is 61.0 Å². The van der Waals surface area contributed by atoms with Crippen molar-refractivity contribution < 1.29 is 32.2 Å². The molecule has 1 unspecified atom stereocenters. The average Bonchev–Trinajstić information content (AvgIpc) is 2.76. The minimum atomic E-state index is -1.70. The Hall–Kier alpha value is -4.02. The molecule has 2 aromatic rings. The lowest BCUT2D eigenvalue weighted by Crippen LogP contribution is -2.46. The molecule has 2 aromatic carbocycles. The van der Waals surface area contributed by atoms with Gasteiger partial charge in [0.2, 0.25) is 0 Å². The number of methoxy groups -OCH3 is 1. The normalized spacial score (nSPS) is 15.9. The van der Waals surface area contributed by atoms with E-state index in [1.54, 1.807) is 0 Å². The van der Waals surface area contributed by atoms with Gasteiger partial charge in [-0.3, -0.25) is 4.79 Å². The van der Waals surface area contributed by atoms with Crippen LogP contribution in [0.3, 0.4) is 0 Å². The molecule has 0 bridgehead atoms. The molecule has 0 aromatic heterocycles. The Labute approximate surface area is 179 Å². The fourth-order valence-corrected chi connectivity index (χ4v) is 3.24. The van der Waals surface area contributed by atoms with Crippen LogP contribution in [0.5, 0.6) is 5.75 Å². The molecule has 0 fully saturated rings. The number of allylic oxidation sites excluding steroid dienone is 1. The summed E-state index contributed by atoms with van der Waals surface area (Å²) in [6.45, 7) is 2.64. The van der Waals surface area contributed by atoms with Gasteiger partial charge in [0, 0.05) is 5.57 Å². The van der Waals surface area contributed by atoms with E-state index in [1.807, 2.05) is 0 Å². The summed E-state index contributed by atoms with van der Waals surface area (Å²) in [4.78, 5) is 40.8. The van der Waals surface area contributed by atoms with Crippen LogP contribution in [0.4, 0.5) is 23.7 Å². The number of Topliss-reactive ketones (excluding diaryl/α,β-unsaturated/α-hetero) is 1. The number of ether oxygens (including phenoxy) is 2. The monoisotopic (exact) mass is 447 g/mol. The van der Waals surface area contributed by atoms with Crippen molar-refractivity contribution in [3.8, 4) is 5.75 Å². The summed E-state index contributed by atoms with van der Waals surface area (Å²) in [6.07, 6.45) is -1.11. The number of nitroso groups, excluding NO2 is 1. The number of amidine groups is 1. The number of halogens is 3. The molecule has 32 heavy (non-hydrogen) atoms. The molecule has 0 radical (unpaired) electrons. The number of benzene rings is 2. The van der Waals surface area contributed by atoms with E-state index in [0.717, 1.165) is 4.90 Å². The van der Waals surface area contributed by atoms with Crippen molar-refractivity contribution in [3.05, 3.63) is 75.6 Å². The lowest BCUT2D eigenvalue weighted by molar-refractivity contribution is -0.114. The highest BCUT2D eigenvalue weighted by molar-refractivity contribution is 6.01. The predicted octanol–water partition coefficient (Wildman–Crippen LogP) is 4.92. The summed E-state index contributed by atoms with van der Waals surface area (Å²) in [5.41, 5.74) is -0.0917. The van der Waals surface area contributed by atoms with Gasteiger partial charge in [-0.25, -0.2) is 27.9 Å². The van der Waals surface area contributed by atoms with Gasteiger partial charge in [0.15, 0.2) is 23.2 Å². The first-order valence-corrected chi connectivity index (χ1v) is 9.11. The molecule has 0 N–H and O–H groups in total. The van der Waals surface area contributed by atoms with Crippen molar-refractivity contribution in [2.24, 2.45) is 10.2 Å². The van der Waals surface area contributed by atoms with E-state index in [1.165, 1.54) is 45.2 Å². The predicted molar refractivity (Wildman–Crippen MR) is 107 cm³/mol. The van der Waals surface area contributed by atoms with Crippen LogP contribution in [0.15, 0.2) is 57.8 Å². The molecule has 1 aliphatic rings. The summed E-state index contributed by atoms with van der Waals surface area (Å²) in [6, 6.07) is 4.77. The van der Waals surface area contributed by atoms with Crippen LogP contribution in [0.1, 0.15) is 25.5 Å². The molecule has 1 aliphatic heterocycles. The van der Waals surface area contributed by atoms with Crippen LogP contribution < -0.4 is 4.74 Å². The zero-order chi connectivity index (χ0) is 23.6. The second kappa shape index (κ2) is 9.00. The Bertz CT molecular complexity index is 1140. The van der Waals surface area contributed by atoms with Crippen molar-refractivity contribution in [2.75, 3.05) is 7.11 Å². The number of nitrogens with zero attached hydrogens (tertiary/aromatic N) is 3. The van der Waals surface area contributed by atoms with Crippen molar-refractivity contribution in [1.82, 2.24) is 4.90 Å². The van der Waals surface area contributed by atoms with Crippen molar-refractivity contribution in [2.45, 2.75) is 19.9 Å². The smallest absolute Gasteiger partial charge is 0.424 e. The summed E-state index contributed by atoms with van der Waals surface area (Å²) in [5.74, 6) is -5.26. The zero-order valence-electron chi connectivity index (χ0n) is 17.1.